The third kappa shape index (κ3) is 5.00. The first kappa shape index (κ1) is 22.2. The van der Waals surface area contributed by atoms with E-state index in [0.29, 0.717) is 6.54 Å². The van der Waals surface area contributed by atoms with E-state index >= 15 is 0 Å². The maximum absolute atomic E-state index is 5.10. The van der Waals surface area contributed by atoms with Gasteiger partial charge < -0.3 is 0 Å². The summed E-state index contributed by atoms with van der Waals surface area (Å²) < 4.78 is 1.04. The van der Waals surface area contributed by atoms with Gasteiger partial charge in [0.25, 0.3) is 0 Å². The van der Waals surface area contributed by atoms with E-state index in [1.54, 1.807) is 0 Å². The molecule has 0 atom stereocenters. The number of hydrogen-bond acceptors (Lipinski definition) is 1. The lowest BCUT2D eigenvalue weighted by atomic mass is 10.0. The van der Waals surface area contributed by atoms with Gasteiger partial charge in [0.05, 0.1) is 6.54 Å². The Morgan fingerprint density at radius 1 is 0.647 bits per heavy atom. The molecule has 0 saturated heterocycles. The fourth-order valence-electron chi connectivity index (χ4n) is 4.14. The number of aliphatic imine (C=N–C) groups is 2. The van der Waals surface area contributed by atoms with Gasteiger partial charge in [0.2, 0.25) is 0 Å². The van der Waals surface area contributed by atoms with Crippen LogP contribution < -0.4 is 0 Å². The fraction of sp³-hybridized carbons (Fsp3) is 0.0968. The molecule has 34 heavy (non-hydrogen) atoms. The van der Waals surface area contributed by atoms with E-state index in [1.807, 2.05) is 12.1 Å². The number of hydrogen-bond donors (Lipinski definition) is 0. The Morgan fingerprint density at radius 3 is 1.91 bits per heavy atom. The first-order valence-electron chi connectivity index (χ1n) is 11.5. The van der Waals surface area contributed by atoms with Crippen LogP contribution in [0.3, 0.4) is 0 Å². The molecule has 0 aliphatic heterocycles. The average Bonchev–Trinajstić information content (AvgIpc) is 2.89. The van der Waals surface area contributed by atoms with Crippen LogP contribution in [0.4, 0.5) is 0 Å². The molecule has 0 amide bonds. The van der Waals surface area contributed by atoms with Crippen molar-refractivity contribution in [2.24, 2.45) is 9.98 Å². The third-order valence-electron chi connectivity index (χ3n) is 5.99. The minimum Gasteiger partial charge on any atom is -0.261 e. The van der Waals surface area contributed by atoms with Crippen molar-refractivity contribution in [1.29, 1.82) is 0 Å². The van der Waals surface area contributed by atoms with Crippen LogP contribution >= 0.6 is 15.9 Å². The normalized spacial score (nSPS) is 12.4. The van der Waals surface area contributed by atoms with Gasteiger partial charge in [-0.25, -0.2) is 4.99 Å². The van der Waals surface area contributed by atoms with Crippen molar-refractivity contribution in [3.63, 3.8) is 0 Å². The Hall–Kier alpha value is -3.56. The Morgan fingerprint density at radius 2 is 1.24 bits per heavy atom. The van der Waals surface area contributed by atoms with E-state index in [-0.39, 0.29) is 0 Å². The zero-order valence-corrected chi connectivity index (χ0v) is 20.7. The zero-order chi connectivity index (χ0) is 23.3. The Bertz CT molecular complexity index is 1510. The van der Waals surface area contributed by atoms with Crippen LogP contribution in [0.2, 0.25) is 0 Å². The van der Waals surface area contributed by atoms with Crippen LogP contribution in [0.25, 0.3) is 21.5 Å². The first-order chi connectivity index (χ1) is 16.7. The summed E-state index contributed by atoms with van der Waals surface area (Å²) in [7, 11) is 0. The highest BCUT2D eigenvalue weighted by molar-refractivity contribution is 9.10. The van der Waals surface area contributed by atoms with Crippen LogP contribution in [0.1, 0.15) is 30.0 Å². The molecule has 2 nitrogen and oxygen atoms in total. The molecular weight excluding hydrogens is 480 g/mol. The number of rotatable bonds is 5. The number of fused-ring (bicyclic) bond motifs is 2. The van der Waals surface area contributed by atoms with Crippen LogP contribution in [0, 0.1) is 0 Å². The van der Waals surface area contributed by atoms with E-state index in [0.717, 1.165) is 33.6 Å². The summed E-state index contributed by atoms with van der Waals surface area (Å²) in [5, 5.41) is 4.93. The number of nitrogens with zero attached hydrogens (tertiary/aromatic N) is 2. The molecule has 0 fully saturated rings. The fourth-order valence-corrected chi connectivity index (χ4v) is 4.40. The van der Waals surface area contributed by atoms with Crippen LogP contribution in [-0.4, -0.2) is 11.5 Å². The van der Waals surface area contributed by atoms with E-state index in [1.165, 1.54) is 27.1 Å². The second-order valence-corrected chi connectivity index (χ2v) is 9.22. The molecule has 3 heteroatoms. The second kappa shape index (κ2) is 10.1. The molecule has 5 aromatic carbocycles. The molecule has 5 aromatic rings. The summed E-state index contributed by atoms with van der Waals surface area (Å²) in [5.41, 5.74) is 4.35. The molecule has 0 unspecified atom stereocenters. The molecular formula is C31H25BrN2. The first-order valence-corrected chi connectivity index (χ1v) is 12.3. The molecule has 0 heterocycles. The lowest BCUT2D eigenvalue weighted by Gasteiger charge is -2.09. The molecule has 0 spiro atoms. The third-order valence-corrected chi connectivity index (χ3v) is 6.51. The second-order valence-electron chi connectivity index (χ2n) is 8.30. The van der Waals surface area contributed by atoms with E-state index in [2.05, 4.69) is 120 Å². The summed E-state index contributed by atoms with van der Waals surface area (Å²) in [6.07, 6.45) is 0.823. The van der Waals surface area contributed by atoms with Gasteiger partial charge in [-0.05, 0) is 63.4 Å². The highest BCUT2D eigenvalue weighted by Crippen LogP contribution is 2.20. The van der Waals surface area contributed by atoms with Gasteiger partial charge in [-0.2, -0.15) is 0 Å². The number of halogens is 1. The SMILES string of the molecule is CC/C(=N\C(=N/Cc1ccc2ccccc2c1)c1ccc(Br)cc1)c1ccc2ccccc2c1. The highest BCUT2D eigenvalue weighted by atomic mass is 79.9. The summed E-state index contributed by atoms with van der Waals surface area (Å²) in [6.45, 7) is 2.73. The minimum atomic E-state index is 0.578. The summed E-state index contributed by atoms with van der Waals surface area (Å²) in [4.78, 5) is 10.1. The van der Waals surface area contributed by atoms with Crippen molar-refractivity contribution in [1.82, 2.24) is 0 Å². The lowest BCUT2D eigenvalue weighted by Crippen LogP contribution is -2.07. The molecule has 5 rings (SSSR count). The van der Waals surface area contributed by atoms with Gasteiger partial charge in [-0.3, -0.25) is 4.99 Å². The van der Waals surface area contributed by atoms with Gasteiger partial charge in [0, 0.05) is 15.7 Å². The number of benzene rings is 5. The Labute approximate surface area is 208 Å². The van der Waals surface area contributed by atoms with Crippen molar-refractivity contribution >= 4 is 49.0 Å². The smallest absolute Gasteiger partial charge is 0.155 e. The molecule has 0 N–H and O–H groups in total. The topological polar surface area (TPSA) is 24.7 Å². The monoisotopic (exact) mass is 504 g/mol. The predicted octanol–water partition coefficient (Wildman–Crippen LogP) is 8.60. The van der Waals surface area contributed by atoms with Crippen molar-refractivity contribution < 1.29 is 0 Å². The van der Waals surface area contributed by atoms with Gasteiger partial charge in [-0.15, -0.1) is 0 Å². The Kier molecular flexibility index (Phi) is 6.64. The zero-order valence-electron chi connectivity index (χ0n) is 19.1. The number of amidine groups is 1. The van der Waals surface area contributed by atoms with Crippen LogP contribution in [0.15, 0.2) is 124 Å². The maximum atomic E-state index is 5.10. The van der Waals surface area contributed by atoms with Crippen LogP contribution in [-0.2, 0) is 6.54 Å². The Balaban J connectivity index is 1.54. The van der Waals surface area contributed by atoms with E-state index in [4.69, 9.17) is 9.98 Å². The predicted molar refractivity (Wildman–Crippen MR) is 149 cm³/mol. The summed E-state index contributed by atoms with van der Waals surface area (Å²) in [5.74, 6) is 0.755. The van der Waals surface area contributed by atoms with Gasteiger partial charge >= 0.3 is 0 Å². The highest BCUT2D eigenvalue weighted by Gasteiger charge is 2.08. The van der Waals surface area contributed by atoms with Crippen molar-refractivity contribution in [3.05, 3.63) is 130 Å². The standard InChI is InChI=1S/C31H25BrN2/c1-2-30(28-14-13-24-8-4-6-10-27(24)20-28)34-31(25-15-17-29(32)18-16-25)33-21-22-11-12-23-7-3-5-9-26(23)19-22/h3-20H,2,21H2,1H3/b33-31-,34-30+. The van der Waals surface area contributed by atoms with Crippen LogP contribution in [0.5, 0.6) is 0 Å². The molecule has 0 aliphatic carbocycles. The van der Waals surface area contributed by atoms with Gasteiger partial charge in [0.15, 0.2) is 5.84 Å². The van der Waals surface area contributed by atoms with Crippen molar-refractivity contribution in [3.8, 4) is 0 Å². The van der Waals surface area contributed by atoms with Crippen molar-refractivity contribution in [2.75, 3.05) is 0 Å². The average molecular weight is 505 g/mol. The van der Waals surface area contributed by atoms with E-state index < -0.39 is 0 Å². The molecule has 0 radical (unpaired) electrons. The lowest BCUT2D eigenvalue weighted by molar-refractivity contribution is 1.06. The molecule has 0 bridgehead atoms. The summed E-state index contributed by atoms with van der Waals surface area (Å²) >= 11 is 3.54. The summed E-state index contributed by atoms with van der Waals surface area (Å²) in [6, 6.07) is 38.2. The van der Waals surface area contributed by atoms with E-state index in [9.17, 15) is 0 Å². The quantitative estimate of drug-likeness (QED) is 0.169. The van der Waals surface area contributed by atoms with Crippen molar-refractivity contribution in [2.45, 2.75) is 19.9 Å². The molecule has 0 aliphatic rings. The maximum Gasteiger partial charge on any atom is 0.155 e. The largest absolute Gasteiger partial charge is 0.261 e. The molecule has 166 valence electrons. The minimum absolute atomic E-state index is 0.578. The van der Waals surface area contributed by atoms with Gasteiger partial charge in [0.1, 0.15) is 0 Å². The molecule has 0 saturated carbocycles. The van der Waals surface area contributed by atoms with Gasteiger partial charge in [-0.1, -0.05) is 108 Å². The molecule has 0 aromatic heterocycles.